The zero-order chi connectivity index (χ0) is 31.7. The van der Waals surface area contributed by atoms with Gasteiger partial charge in [-0.2, -0.15) is 5.26 Å². The summed E-state index contributed by atoms with van der Waals surface area (Å²) in [5, 5.41) is 22.2. The molecule has 0 aliphatic carbocycles. The van der Waals surface area contributed by atoms with E-state index in [0.717, 1.165) is 22.4 Å². The molecule has 0 aliphatic rings. The number of aromatic nitrogens is 1. The smallest absolute Gasteiger partial charge is 0.270 e. The van der Waals surface area contributed by atoms with Gasteiger partial charge in [-0.25, -0.2) is 0 Å². The lowest BCUT2D eigenvalue weighted by atomic mass is 9.76. The SMILES string of the molecule is [C-]#[N+]c1cccc(-c2cc(C(C)C)c3c4ccccc4c4c(-c5cccc(C#N)c5)cc(C(C)C)c5c6ccccc6c2c3c45)n1. The third-order valence-corrected chi connectivity index (χ3v) is 9.57. The van der Waals surface area contributed by atoms with Crippen molar-refractivity contribution in [3.05, 3.63) is 131 Å². The first kappa shape index (κ1) is 27.8. The van der Waals surface area contributed by atoms with Crippen LogP contribution in [0.15, 0.2) is 103 Å². The first-order valence-electron chi connectivity index (χ1n) is 15.9. The third-order valence-electron chi connectivity index (χ3n) is 9.57. The maximum Gasteiger partial charge on any atom is 0.270 e. The van der Waals surface area contributed by atoms with Crippen LogP contribution in [0.25, 0.3) is 81.1 Å². The van der Waals surface area contributed by atoms with E-state index in [-0.39, 0.29) is 11.8 Å². The zero-order valence-electron chi connectivity index (χ0n) is 26.3. The molecule has 0 saturated heterocycles. The normalized spacial score (nSPS) is 11.8. The molecule has 46 heavy (non-hydrogen) atoms. The second-order valence-corrected chi connectivity index (χ2v) is 12.9. The summed E-state index contributed by atoms with van der Waals surface area (Å²) in [5.74, 6) is 0.905. The molecule has 0 spiro atoms. The maximum atomic E-state index is 9.86. The van der Waals surface area contributed by atoms with Crippen molar-refractivity contribution < 1.29 is 0 Å². The molecule has 3 heteroatoms. The Morgan fingerprint density at radius 3 is 1.65 bits per heavy atom. The fourth-order valence-electron chi connectivity index (χ4n) is 7.62. The molecule has 0 unspecified atom stereocenters. The van der Waals surface area contributed by atoms with Gasteiger partial charge < -0.3 is 4.85 Å². The fourth-order valence-corrected chi connectivity index (χ4v) is 7.62. The lowest BCUT2D eigenvalue weighted by Gasteiger charge is -2.26. The predicted molar refractivity (Wildman–Crippen MR) is 193 cm³/mol. The van der Waals surface area contributed by atoms with E-state index >= 15 is 0 Å². The van der Waals surface area contributed by atoms with Crippen LogP contribution in [-0.4, -0.2) is 4.98 Å². The van der Waals surface area contributed by atoms with Gasteiger partial charge >= 0.3 is 0 Å². The number of hydrogen-bond donors (Lipinski definition) is 0. The number of nitrogens with zero attached hydrogens (tertiary/aromatic N) is 3. The Bertz CT molecular complexity index is 2430. The Kier molecular flexibility index (Phi) is 6.28. The summed E-state index contributed by atoms with van der Waals surface area (Å²) in [6, 6.07) is 38.5. The first-order chi connectivity index (χ1) is 22.4. The molecular formula is C43H31N3. The minimum Gasteiger partial charge on any atom is -0.361 e. The monoisotopic (exact) mass is 589 g/mol. The molecule has 7 aromatic carbocycles. The standard InChI is InChI=1S/C43H31N3/c1-24(2)32-21-34(27-13-10-12-26(20-27)23-44)40-30-16-8-6-14-28(30)39-33(25(3)4)22-35(36-18-11-19-37(45-5)46-36)41-31-17-9-7-15-29(31)38(32)42(40)43(39)41/h6-22,24-25H,1-4H3. The number of pyridine rings is 1. The summed E-state index contributed by atoms with van der Waals surface area (Å²) in [6.45, 7) is 16.8. The molecule has 0 N–H and O–H groups in total. The van der Waals surface area contributed by atoms with Gasteiger partial charge in [0.15, 0.2) is 5.69 Å². The number of nitriles is 1. The molecule has 8 rings (SSSR count). The highest BCUT2D eigenvalue weighted by molar-refractivity contribution is 6.44. The summed E-state index contributed by atoms with van der Waals surface area (Å²) in [5.41, 5.74) is 7.28. The molecule has 1 aromatic heterocycles. The van der Waals surface area contributed by atoms with Crippen molar-refractivity contribution >= 4 is 59.7 Å². The quantitative estimate of drug-likeness (QED) is 0.116. The van der Waals surface area contributed by atoms with Crippen LogP contribution in [0, 0.1) is 17.9 Å². The summed E-state index contributed by atoms with van der Waals surface area (Å²) < 4.78 is 0. The largest absolute Gasteiger partial charge is 0.361 e. The highest BCUT2D eigenvalue weighted by Gasteiger charge is 2.27. The van der Waals surface area contributed by atoms with Crippen molar-refractivity contribution in [1.29, 1.82) is 5.26 Å². The van der Waals surface area contributed by atoms with Crippen LogP contribution < -0.4 is 0 Å². The van der Waals surface area contributed by atoms with Crippen LogP contribution in [0.3, 0.4) is 0 Å². The van der Waals surface area contributed by atoms with E-state index in [9.17, 15) is 5.26 Å². The molecule has 3 nitrogen and oxygen atoms in total. The molecule has 1 heterocycles. The predicted octanol–water partition coefficient (Wildman–Crippen LogP) is 12.3. The second-order valence-electron chi connectivity index (χ2n) is 12.9. The van der Waals surface area contributed by atoms with E-state index in [4.69, 9.17) is 11.6 Å². The molecule has 0 amide bonds. The Morgan fingerprint density at radius 1 is 0.587 bits per heavy atom. The number of rotatable bonds is 4. The van der Waals surface area contributed by atoms with Gasteiger partial charge in [-0.3, -0.25) is 0 Å². The Hall–Kier alpha value is -5.77. The topological polar surface area (TPSA) is 41.0 Å². The van der Waals surface area contributed by atoms with E-state index in [1.807, 2.05) is 30.3 Å². The summed E-state index contributed by atoms with van der Waals surface area (Å²) in [7, 11) is 0. The van der Waals surface area contributed by atoms with Gasteiger partial charge in [0.2, 0.25) is 0 Å². The van der Waals surface area contributed by atoms with E-state index in [1.54, 1.807) is 6.07 Å². The molecule has 0 atom stereocenters. The fraction of sp³-hybridized carbons (Fsp3) is 0.140. The van der Waals surface area contributed by atoms with E-state index in [0.29, 0.717) is 11.4 Å². The molecule has 218 valence electrons. The van der Waals surface area contributed by atoms with E-state index < -0.39 is 0 Å². The van der Waals surface area contributed by atoms with Crippen LogP contribution in [-0.2, 0) is 0 Å². The van der Waals surface area contributed by atoms with Crippen LogP contribution in [0.4, 0.5) is 5.82 Å². The van der Waals surface area contributed by atoms with Gasteiger partial charge in [-0.15, -0.1) is 4.98 Å². The van der Waals surface area contributed by atoms with Crippen molar-refractivity contribution in [2.75, 3.05) is 0 Å². The summed E-state index contributed by atoms with van der Waals surface area (Å²) in [6.07, 6.45) is 0. The van der Waals surface area contributed by atoms with Gasteiger partial charge in [-0.05, 0) is 119 Å². The average Bonchev–Trinajstić information content (AvgIpc) is 3.10. The lowest BCUT2D eigenvalue weighted by Crippen LogP contribution is -2.01. The van der Waals surface area contributed by atoms with Gasteiger partial charge in [0, 0.05) is 10.9 Å². The third kappa shape index (κ3) is 3.92. The molecule has 0 aliphatic heterocycles. The van der Waals surface area contributed by atoms with Gasteiger partial charge in [0.05, 0.1) is 11.6 Å². The minimum absolute atomic E-state index is 0.249. The molecule has 8 aromatic rings. The Morgan fingerprint density at radius 2 is 1.11 bits per heavy atom. The molecule has 0 fully saturated rings. The second kappa shape index (κ2) is 10.4. The van der Waals surface area contributed by atoms with Crippen molar-refractivity contribution in [2.45, 2.75) is 39.5 Å². The number of benzene rings is 7. The highest BCUT2D eigenvalue weighted by Crippen LogP contribution is 2.53. The number of hydrogen-bond acceptors (Lipinski definition) is 2. The average molecular weight is 590 g/mol. The van der Waals surface area contributed by atoms with Gasteiger partial charge in [0.25, 0.3) is 5.82 Å². The molecule has 0 radical (unpaired) electrons. The lowest BCUT2D eigenvalue weighted by molar-refractivity contribution is 0.877. The van der Waals surface area contributed by atoms with Crippen LogP contribution >= 0.6 is 0 Å². The minimum atomic E-state index is 0.249. The van der Waals surface area contributed by atoms with Crippen LogP contribution in [0.1, 0.15) is 56.2 Å². The van der Waals surface area contributed by atoms with Crippen LogP contribution in [0.2, 0.25) is 0 Å². The van der Waals surface area contributed by atoms with Crippen molar-refractivity contribution in [3.63, 3.8) is 0 Å². The van der Waals surface area contributed by atoms with E-state index in [1.165, 1.54) is 65.0 Å². The molecular weight excluding hydrogens is 558 g/mol. The zero-order valence-corrected chi connectivity index (χ0v) is 26.3. The molecule has 0 saturated carbocycles. The summed E-state index contributed by atoms with van der Waals surface area (Å²) in [4.78, 5) is 8.54. The first-order valence-corrected chi connectivity index (χ1v) is 15.9. The highest BCUT2D eigenvalue weighted by atomic mass is 14.9. The molecule has 0 bridgehead atoms. The van der Waals surface area contributed by atoms with Crippen LogP contribution in [0.5, 0.6) is 0 Å². The van der Waals surface area contributed by atoms with Gasteiger partial charge in [0.1, 0.15) is 0 Å². The summed E-state index contributed by atoms with van der Waals surface area (Å²) >= 11 is 0. The van der Waals surface area contributed by atoms with Gasteiger partial charge in [-0.1, -0.05) is 101 Å². The van der Waals surface area contributed by atoms with E-state index in [2.05, 4.69) is 105 Å². The van der Waals surface area contributed by atoms with Crippen molar-refractivity contribution in [1.82, 2.24) is 4.98 Å². The van der Waals surface area contributed by atoms with Crippen molar-refractivity contribution in [3.8, 4) is 28.5 Å². The Labute approximate surface area is 268 Å². The van der Waals surface area contributed by atoms with Crippen molar-refractivity contribution in [2.24, 2.45) is 0 Å². The Balaban J connectivity index is 1.77. The number of fused-ring (bicyclic) bond motifs is 6. The maximum absolute atomic E-state index is 9.86.